The number of fused-ring (bicyclic) bond motifs is 1. The predicted molar refractivity (Wildman–Crippen MR) is 98.5 cm³/mol. The molecule has 0 spiro atoms. The van der Waals surface area contributed by atoms with Crippen molar-refractivity contribution in [3.63, 3.8) is 0 Å². The van der Waals surface area contributed by atoms with Crippen molar-refractivity contribution >= 4 is 10.9 Å². The van der Waals surface area contributed by atoms with Crippen LogP contribution in [0.5, 0.6) is 5.75 Å². The minimum absolute atomic E-state index is 0.195. The van der Waals surface area contributed by atoms with Crippen molar-refractivity contribution in [3.8, 4) is 17.1 Å². The fourth-order valence-electron chi connectivity index (χ4n) is 2.74. The van der Waals surface area contributed by atoms with Gasteiger partial charge < -0.3 is 9.72 Å². The fraction of sp³-hybridized carbons (Fsp3) is 0.0476. The number of aromatic nitrogens is 2. The van der Waals surface area contributed by atoms with E-state index in [1.54, 1.807) is 30.3 Å². The van der Waals surface area contributed by atoms with Gasteiger partial charge >= 0.3 is 0 Å². The highest BCUT2D eigenvalue weighted by Gasteiger charge is 2.11. The summed E-state index contributed by atoms with van der Waals surface area (Å²) in [6.45, 7) is 0.287. The van der Waals surface area contributed by atoms with Gasteiger partial charge in [0.1, 0.15) is 24.0 Å². The number of ether oxygens (including phenoxy) is 1. The van der Waals surface area contributed by atoms with Crippen molar-refractivity contribution in [3.05, 3.63) is 94.5 Å². The van der Waals surface area contributed by atoms with E-state index in [2.05, 4.69) is 9.97 Å². The van der Waals surface area contributed by atoms with Gasteiger partial charge in [-0.05, 0) is 42.0 Å². The maximum Gasteiger partial charge on any atom is 0.259 e. The van der Waals surface area contributed by atoms with Crippen LogP contribution in [0.25, 0.3) is 22.3 Å². The highest BCUT2D eigenvalue weighted by Crippen LogP contribution is 2.28. The third-order valence-corrected chi connectivity index (χ3v) is 4.06. The van der Waals surface area contributed by atoms with Crippen LogP contribution in [-0.2, 0) is 6.61 Å². The zero-order valence-corrected chi connectivity index (χ0v) is 13.8. The summed E-state index contributed by atoms with van der Waals surface area (Å²) < 4.78 is 18.9. The van der Waals surface area contributed by atoms with Crippen LogP contribution in [0.1, 0.15) is 5.56 Å². The molecular formula is C21H15FN2O2. The van der Waals surface area contributed by atoms with E-state index in [0.717, 1.165) is 5.56 Å². The fourth-order valence-corrected chi connectivity index (χ4v) is 2.74. The van der Waals surface area contributed by atoms with Gasteiger partial charge in [0.05, 0.1) is 16.5 Å². The van der Waals surface area contributed by atoms with Gasteiger partial charge in [-0.2, -0.15) is 0 Å². The maximum atomic E-state index is 13.0. The molecule has 4 aromatic rings. The number of hydrogen-bond acceptors (Lipinski definition) is 3. The highest BCUT2D eigenvalue weighted by atomic mass is 19.1. The molecule has 0 radical (unpaired) electrons. The molecular weight excluding hydrogens is 331 g/mol. The lowest BCUT2D eigenvalue weighted by atomic mass is 10.1. The molecule has 4 rings (SSSR count). The Morgan fingerprint density at radius 3 is 2.50 bits per heavy atom. The largest absolute Gasteiger partial charge is 0.488 e. The van der Waals surface area contributed by atoms with Crippen molar-refractivity contribution in [2.24, 2.45) is 0 Å². The van der Waals surface area contributed by atoms with Crippen molar-refractivity contribution in [2.45, 2.75) is 6.61 Å². The molecule has 26 heavy (non-hydrogen) atoms. The monoisotopic (exact) mass is 346 g/mol. The molecule has 0 atom stereocenters. The number of para-hydroxylation sites is 2. The summed E-state index contributed by atoms with van der Waals surface area (Å²) in [5.74, 6) is 0.755. The van der Waals surface area contributed by atoms with Gasteiger partial charge in [-0.15, -0.1) is 0 Å². The SMILES string of the molecule is O=c1[nH]c(-c2ccccc2OCc2ccc(F)cc2)nc2ccccc12. The molecule has 0 unspecified atom stereocenters. The zero-order chi connectivity index (χ0) is 17.9. The Morgan fingerprint density at radius 1 is 0.923 bits per heavy atom. The normalized spacial score (nSPS) is 10.8. The summed E-state index contributed by atoms with van der Waals surface area (Å²) in [6.07, 6.45) is 0. The molecule has 0 aliphatic heterocycles. The molecule has 0 fully saturated rings. The van der Waals surface area contributed by atoms with Crippen LogP contribution in [0, 0.1) is 5.82 Å². The van der Waals surface area contributed by atoms with Crippen LogP contribution in [0.15, 0.2) is 77.6 Å². The minimum Gasteiger partial charge on any atom is -0.488 e. The average Bonchev–Trinajstić information content (AvgIpc) is 2.68. The van der Waals surface area contributed by atoms with E-state index in [0.29, 0.717) is 28.0 Å². The molecule has 0 aliphatic carbocycles. The summed E-state index contributed by atoms with van der Waals surface area (Å²) >= 11 is 0. The minimum atomic E-state index is -0.285. The second kappa shape index (κ2) is 6.80. The highest BCUT2D eigenvalue weighted by molar-refractivity contribution is 5.80. The van der Waals surface area contributed by atoms with Crippen LogP contribution in [-0.4, -0.2) is 9.97 Å². The molecule has 128 valence electrons. The van der Waals surface area contributed by atoms with Crippen LogP contribution in [0.3, 0.4) is 0 Å². The lowest BCUT2D eigenvalue weighted by molar-refractivity contribution is 0.307. The number of aromatic amines is 1. The molecule has 0 amide bonds. The van der Waals surface area contributed by atoms with Crippen molar-refractivity contribution in [1.29, 1.82) is 0 Å². The van der Waals surface area contributed by atoms with E-state index >= 15 is 0 Å². The first-order chi connectivity index (χ1) is 12.7. The van der Waals surface area contributed by atoms with E-state index < -0.39 is 0 Å². The summed E-state index contributed by atoms with van der Waals surface area (Å²) in [5, 5.41) is 0.543. The average molecular weight is 346 g/mol. The lowest BCUT2D eigenvalue weighted by Crippen LogP contribution is -2.10. The van der Waals surface area contributed by atoms with Gasteiger partial charge in [-0.1, -0.05) is 36.4 Å². The van der Waals surface area contributed by atoms with Gasteiger partial charge in [0.25, 0.3) is 5.56 Å². The van der Waals surface area contributed by atoms with Gasteiger partial charge in [-0.3, -0.25) is 4.79 Å². The zero-order valence-electron chi connectivity index (χ0n) is 13.8. The van der Waals surface area contributed by atoms with Crippen molar-refractivity contribution in [2.75, 3.05) is 0 Å². The quantitative estimate of drug-likeness (QED) is 0.599. The Bertz CT molecular complexity index is 1120. The molecule has 1 N–H and O–H groups in total. The molecule has 0 aliphatic rings. The number of nitrogens with one attached hydrogen (secondary N) is 1. The molecule has 0 saturated carbocycles. The molecule has 0 bridgehead atoms. The molecule has 3 aromatic carbocycles. The second-order valence-electron chi connectivity index (χ2n) is 5.84. The first-order valence-electron chi connectivity index (χ1n) is 8.16. The van der Waals surface area contributed by atoms with Gasteiger partial charge in [0.2, 0.25) is 0 Å². The topological polar surface area (TPSA) is 55.0 Å². The second-order valence-corrected chi connectivity index (χ2v) is 5.84. The number of halogens is 1. The van der Waals surface area contributed by atoms with Crippen LogP contribution in [0.4, 0.5) is 4.39 Å². The molecule has 1 aromatic heterocycles. The Labute approximate surface area is 148 Å². The van der Waals surface area contributed by atoms with Gasteiger partial charge in [0, 0.05) is 0 Å². The van der Waals surface area contributed by atoms with Crippen LogP contribution < -0.4 is 10.3 Å². The third-order valence-electron chi connectivity index (χ3n) is 4.06. The van der Waals surface area contributed by atoms with Crippen molar-refractivity contribution < 1.29 is 9.13 Å². The van der Waals surface area contributed by atoms with Gasteiger partial charge in [0.15, 0.2) is 0 Å². The molecule has 1 heterocycles. The molecule has 0 saturated heterocycles. The first-order valence-corrected chi connectivity index (χ1v) is 8.16. The Hall–Kier alpha value is -3.47. The summed E-state index contributed by atoms with van der Waals surface area (Å²) in [5.41, 5.74) is 1.97. The van der Waals surface area contributed by atoms with E-state index in [4.69, 9.17) is 4.74 Å². The first kappa shape index (κ1) is 16.0. The maximum absolute atomic E-state index is 13.0. The number of hydrogen-bond donors (Lipinski definition) is 1. The Kier molecular flexibility index (Phi) is 4.19. The van der Waals surface area contributed by atoms with E-state index in [9.17, 15) is 9.18 Å². The molecule has 4 nitrogen and oxygen atoms in total. The standard InChI is InChI=1S/C21H15FN2O2/c22-15-11-9-14(10-12-15)13-26-19-8-4-2-6-17(19)20-23-18-7-3-1-5-16(18)21(25)24-20/h1-12H,13H2,(H,23,24,25). The van der Waals surface area contributed by atoms with E-state index in [1.807, 2.05) is 30.3 Å². The smallest absolute Gasteiger partial charge is 0.259 e. The van der Waals surface area contributed by atoms with Crippen molar-refractivity contribution in [1.82, 2.24) is 9.97 Å². The number of benzene rings is 3. The predicted octanol–water partition coefficient (Wildman–Crippen LogP) is 4.31. The van der Waals surface area contributed by atoms with Crippen LogP contribution in [0.2, 0.25) is 0 Å². The number of nitrogens with zero attached hydrogens (tertiary/aromatic N) is 1. The Morgan fingerprint density at radius 2 is 1.65 bits per heavy atom. The summed E-state index contributed by atoms with van der Waals surface area (Å²) in [4.78, 5) is 19.7. The number of rotatable bonds is 4. The van der Waals surface area contributed by atoms with Gasteiger partial charge in [-0.25, -0.2) is 9.37 Å². The molecule has 5 heteroatoms. The third kappa shape index (κ3) is 3.19. The lowest BCUT2D eigenvalue weighted by Gasteiger charge is -2.11. The summed E-state index contributed by atoms with van der Waals surface area (Å²) in [7, 11) is 0. The van der Waals surface area contributed by atoms with E-state index in [1.165, 1.54) is 12.1 Å². The van der Waals surface area contributed by atoms with E-state index in [-0.39, 0.29) is 18.0 Å². The van der Waals surface area contributed by atoms with Crippen LogP contribution >= 0.6 is 0 Å². The Balaban J connectivity index is 1.69. The number of H-pyrrole nitrogens is 1. The summed E-state index contributed by atoms with van der Waals surface area (Å²) in [6, 6.07) is 20.7.